The first-order chi connectivity index (χ1) is 22.8. The molecule has 14 heteroatoms. The molecule has 49 heavy (non-hydrogen) atoms. The predicted octanol–water partition coefficient (Wildman–Crippen LogP) is 7.42. The second-order valence-electron chi connectivity index (χ2n) is 14.3. The van der Waals surface area contributed by atoms with Crippen molar-refractivity contribution in [1.82, 2.24) is 14.7 Å². The van der Waals surface area contributed by atoms with Gasteiger partial charge in [0.1, 0.15) is 17.7 Å². The molecule has 0 bridgehead atoms. The van der Waals surface area contributed by atoms with Gasteiger partial charge in [0.2, 0.25) is 5.91 Å². The van der Waals surface area contributed by atoms with Crippen molar-refractivity contribution in [1.29, 1.82) is 0 Å². The number of benzene rings is 1. The number of rotatable bonds is 7. The Labute approximate surface area is 289 Å². The van der Waals surface area contributed by atoms with Gasteiger partial charge in [0, 0.05) is 37.6 Å². The summed E-state index contributed by atoms with van der Waals surface area (Å²) in [6.07, 6.45) is -2.52. The third-order valence-electron chi connectivity index (χ3n) is 7.88. The van der Waals surface area contributed by atoms with Crippen molar-refractivity contribution in [2.24, 2.45) is 5.92 Å². The van der Waals surface area contributed by atoms with Gasteiger partial charge in [-0.25, -0.2) is 9.59 Å². The molecule has 268 valence electrons. The summed E-state index contributed by atoms with van der Waals surface area (Å²) in [5.41, 5.74) is 1.82. The molecular formula is C35H45F3N4O6S. The number of anilines is 1. The van der Waals surface area contributed by atoms with Crippen LogP contribution < -0.4 is 5.32 Å². The quantitative estimate of drug-likeness (QED) is 0.321. The van der Waals surface area contributed by atoms with Gasteiger partial charge in [-0.15, -0.1) is 11.3 Å². The summed E-state index contributed by atoms with van der Waals surface area (Å²) in [5, 5.41) is 3.07. The van der Waals surface area contributed by atoms with E-state index in [1.165, 1.54) is 16.2 Å². The summed E-state index contributed by atoms with van der Waals surface area (Å²) in [4.78, 5) is 54.5. The first-order valence-corrected chi connectivity index (χ1v) is 17.1. The molecule has 1 saturated heterocycles. The van der Waals surface area contributed by atoms with Crippen LogP contribution >= 0.6 is 11.3 Å². The van der Waals surface area contributed by atoms with Gasteiger partial charge in [-0.2, -0.15) is 13.2 Å². The van der Waals surface area contributed by atoms with Crippen LogP contribution in [0.15, 0.2) is 42.5 Å². The zero-order chi connectivity index (χ0) is 36.1. The number of ether oxygens (including phenoxy) is 2. The maximum absolute atomic E-state index is 13.5. The van der Waals surface area contributed by atoms with Crippen LogP contribution in [-0.4, -0.2) is 95.3 Å². The van der Waals surface area contributed by atoms with Gasteiger partial charge in [-0.3, -0.25) is 9.59 Å². The Morgan fingerprint density at radius 3 is 1.94 bits per heavy atom. The van der Waals surface area contributed by atoms with E-state index in [0.717, 1.165) is 21.6 Å². The van der Waals surface area contributed by atoms with Crippen LogP contribution in [-0.2, 0) is 19.1 Å². The number of piperidine rings is 1. The maximum Gasteiger partial charge on any atom is 0.471 e. The SMILES string of the molecule is CC(C)(C)OC(=O)N1CC=C(c2ccc(-c3ccc(NC(=O)CN(CC4CCN(C(=O)OC(C)(C)C)CC4)C(=O)C(F)(F)F)s3)cc2)CC1. The zero-order valence-corrected chi connectivity index (χ0v) is 29.6. The molecule has 10 nitrogen and oxygen atoms in total. The number of amides is 4. The normalized spacial score (nSPS) is 16.1. The lowest BCUT2D eigenvalue weighted by atomic mass is 9.96. The summed E-state index contributed by atoms with van der Waals surface area (Å²) in [6.45, 7) is 11.3. The Morgan fingerprint density at radius 1 is 0.837 bits per heavy atom. The van der Waals surface area contributed by atoms with Crippen LogP contribution in [0.3, 0.4) is 0 Å². The van der Waals surface area contributed by atoms with E-state index in [1.54, 1.807) is 31.7 Å². The molecule has 4 amide bonds. The lowest BCUT2D eigenvalue weighted by Crippen LogP contribution is -2.49. The fourth-order valence-corrected chi connectivity index (χ4v) is 6.45. The summed E-state index contributed by atoms with van der Waals surface area (Å²) in [5.74, 6) is -3.13. The van der Waals surface area contributed by atoms with Crippen molar-refractivity contribution in [3.8, 4) is 10.4 Å². The number of thiophene rings is 1. The number of hydrogen-bond acceptors (Lipinski definition) is 7. The largest absolute Gasteiger partial charge is 0.471 e. The number of carbonyl (C=O) groups is 4. The highest BCUT2D eigenvalue weighted by molar-refractivity contribution is 7.19. The van der Waals surface area contributed by atoms with Crippen molar-refractivity contribution in [3.05, 3.63) is 48.0 Å². The topological polar surface area (TPSA) is 108 Å². The van der Waals surface area contributed by atoms with Crippen molar-refractivity contribution in [3.63, 3.8) is 0 Å². The van der Waals surface area contributed by atoms with Crippen molar-refractivity contribution in [2.45, 2.75) is 78.2 Å². The first kappa shape index (κ1) is 37.7. The minimum Gasteiger partial charge on any atom is -0.444 e. The van der Waals surface area contributed by atoms with Crippen LogP contribution in [0.1, 0.15) is 66.4 Å². The Balaban J connectivity index is 1.32. The number of carbonyl (C=O) groups excluding carboxylic acids is 4. The third kappa shape index (κ3) is 11.2. The van der Waals surface area contributed by atoms with Crippen LogP contribution in [0.4, 0.5) is 27.8 Å². The second kappa shape index (κ2) is 15.2. The van der Waals surface area contributed by atoms with E-state index >= 15 is 0 Å². The van der Waals surface area contributed by atoms with Gasteiger partial charge in [-0.1, -0.05) is 30.3 Å². The lowest BCUT2D eigenvalue weighted by Gasteiger charge is -2.35. The Bertz CT molecular complexity index is 1530. The van der Waals surface area contributed by atoms with Gasteiger partial charge in [0.05, 0.1) is 5.00 Å². The highest BCUT2D eigenvalue weighted by Crippen LogP contribution is 2.33. The summed E-state index contributed by atoms with van der Waals surface area (Å²) < 4.78 is 51.3. The van der Waals surface area contributed by atoms with E-state index in [2.05, 4.69) is 5.32 Å². The summed E-state index contributed by atoms with van der Waals surface area (Å²) in [6, 6.07) is 11.4. The van der Waals surface area contributed by atoms with Gasteiger partial charge in [0.25, 0.3) is 0 Å². The van der Waals surface area contributed by atoms with E-state index in [4.69, 9.17) is 9.47 Å². The second-order valence-corrected chi connectivity index (χ2v) is 15.4. The lowest BCUT2D eigenvalue weighted by molar-refractivity contribution is -0.186. The van der Waals surface area contributed by atoms with Crippen molar-refractivity contribution in [2.75, 3.05) is 44.6 Å². The zero-order valence-electron chi connectivity index (χ0n) is 28.8. The molecule has 1 aromatic heterocycles. The number of nitrogens with zero attached hydrogens (tertiary/aromatic N) is 3. The molecule has 1 fully saturated rings. The van der Waals surface area contributed by atoms with E-state index in [1.807, 2.05) is 57.2 Å². The summed E-state index contributed by atoms with van der Waals surface area (Å²) in [7, 11) is 0. The molecule has 3 heterocycles. The number of nitrogens with one attached hydrogen (secondary N) is 1. The molecule has 2 aliphatic rings. The molecule has 0 atom stereocenters. The summed E-state index contributed by atoms with van der Waals surface area (Å²) >= 11 is 1.27. The minimum absolute atomic E-state index is 0.259. The number of halogens is 3. The Kier molecular flexibility index (Phi) is 11.7. The average molecular weight is 707 g/mol. The fraction of sp³-hybridized carbons (Fsp3) is 0.543. The molecule has 1 aromatic carbocycles. The third-order valence-corrected chi connectivity index (χ3v) is 8.93. The van der Waals surface area contributed by atoms with E-state index in [-0.39, 0.29) is 31.6 Å². The van der Waals surface area contributed by atoms with Crippen molar-refractivity contribution < 1.29 is 41.8 Å². The molecule has 2 aromatic rings. The molecule has 0 spiro atoms. The molecule has 0 saturated carbocycles. The first-order valence-electron chi connectivity index (χ1n) is 16.3. The number of hydrogen-bond donors (Lipinski definition) is 1. The maximum atomic E-state index is 13.5. The van der Waals surface area contributed by atoms with E-state index in [9.17, 15) is 32.3 Å². The Hall–Kier alpha value is -4.07. The monoisotopic (exact) mass is 706 g/mol. The molecule has 0 aliphatic carbocycles. The molecule has 0 unspecified atom stereocenters. The number of alkyl halides is 3. The van der Waals surface area contributed by atoms with Crippen molar-refractivity contribution >= 4 is 45.9 Å². The molecule has 1 N–H and O–H groups in total. The molecule has 2 aliphatic heterocycles. The van der Waals surface area contributed by atoms with E-state index in [0.29, 0.717) is 42.3 Å². The number of likely N-dealkylation sites (tertiary alicyclic amines) is 1. The molecule has 0 radical (unpaired) electrons. The molecular weight excluding hydrogens is 661 g/mol. The van der Waals surface area contributed by atoms with E-state index < -0.39 is 41.8 Å². The highest BCUT2D eigenvalue weighted by atomic mass is 32.1. The van der Waals surface area contributed by atoms with Gasteiger partial charge >= 0.3 is 24.3 Å². The van der Waals surface area contributed by atoms with Crippen LogP contribution in [0.2, 0.25) is 0 Å². The van der Waals surface area contributed by atoms with Crippen LogP contribution in [0, 0.1) is 5.92 Å². The van der Waals surface area contributed by atoms with Gasteiger partial charge < -0.3 is 29.5 Å². The van der Waals surface area contributed by atoms with Gasteiger partial charge in [0.15, 0.2) is 0 Å². The van der Waals surface area contributed by atoms with Crippen LogP contribution in [0.25, 0.3) is 16.0 Å². The average Bonchev–Trinajstić information content (AvgIpc) is 3.47. The minimum atomic E-state index is -5.13. The molecule has 4 rings (SSSR count). The van der Waals surface area contributed by atoms with Crippen LogP contribution in [0.5, 0.6) is 0 Å². The Morgan fingerprint density at radius 2 is 1.41 bits per heavy atom. The standard InChI is InChI=1S/C35H45F3N4O6S/c1-33(2,3)47-31(45)40-17-13-23(14-18-40)21-42(30(44)35(36,37)38)22-28(43)39-29-12-11-27(49-29)26-9-7-24(8-10-26)25-15-19-41(20-16-25)32(46)48-34(4,5)6/h7-12,15,23H,13-14,16-22H2,1-6H3,(H,39,43). The van der Waals surface area contributed by atoms with Gasteiger partial charge in [-0.05, 0) is 95.6 Å². The smallest absolute Gasteiger partial charge is 0.444 e. The predicted molar refractivity (Wildman–Crippen MR) is 182 cm³/mol. The fourth-order valence-electron chi connectivity index (χ4n) is 5.52. The highest BCUT2D eigenvalue weighted by Gasteiger charge is 2.44.